The molecule has 4 nitrogen and oxygen atoms in total. The summed E-state index contributed by atoms with van der Waals surface area (Å²) in [5, 5.41) is 2.15. The number of nitrogens with two attached hydrogens (primary N) is 1. The zero-order valence-corrected chi connectivity index (χ0v) is 9.43. The molecule has 1 aliphatic heterocycles. The summed E-state index contributed by atoms with van der Waals surface area (Å²) in [6, 6.07) is 9.85. The van der Waals surface area contributed by atoms with Gasteiger partial charge in [-0.2, -0.15) is 0 Å². The fraction of sp³-hybridized carbons (Fsp3) is 0.417. The average Bonchev–Trinajstić information content (AvgIpc) is 2.39. The normalized spacial score (nSPS) is 20.6. The quantitative estimate of drug-likeness (QED) is 0.692. The van der Waals surface area contributed by atoms with E-state index >= 15 is 0 Å². The number of carbonyl (C=O) groups is 1. The minimum Gasteiger partial charge on any atom is -0.467 e. The molecule has 0 saturated carbocycles. The molecule has 0 spiro atoms. The standard InChI is InChI=1S/C12H16N2O2/c1-16-12(15)11-9-13-7-8-14(11)10-5-3-2-4-6-10/h2-6,11,13H,7-9H2,1H3/p+1. The van der Waals surface area contributed by atoms with Gasteiger partial charge in [0.1, 0.15) is 6.54 Å². The van der Waals surface area contributed by atoms with Crippen LogP contribution < -0.4 is 10.2 Å². The molecule has 0 aromatic heterocycles. The first-order valence-corrected chi connectivity index (χ1v) is 5.54. The molecule has 1 fully saturated rings. The summed E-state index contributed by atoms with van der Waals surface area (Å²) >= 11 is 0. The Kier molecular flexibility index (Phi) is 3.41. The summed E-state index contributed by atoms with van der Waals surface area (Å²) in [6.45, 7) is 2.66. The van der Waals surface area contributed by atoms with E-state index in [1.165, 1.54) is 7.11 Å². The van der Waals surface area contributed by atoms with Gasteiger partial charge in [-0.05, 0) is 12.1 Å². The molecule has 1 unspecified atom stereocenters. The third-order valence-corrected chi connectivity index (χ3v) is 2.90. The highest BCUT2D eigenvalue weighted by Gasteiger charge is 2.31. The van der Waals surface area contributed by atoms with Crippen LogP contribution in [0.2, 0.25) is 0 Å². The maximum Gasteiger partial charge on any atom is 0.334 e. The highest BCUT2D eigenvalue weighted by molar-refractivity contribution is 5.80. The van der Waals surface area contributed by atoms with E-state index in [4.69, 9.17) is 4.74 Å². The number of ether oxygens (including phenoxy) is 1. The zero-order chi connectivity index (χ0) is 11.4. The van der Waals surface area contributed by atoms with Crippen LogP contribution in [0.25, 0.3) is 0 Å². The molecule has 1 saturated heterocycles. The highest BCUT2D eigenvalue weighted by Crippen LogP contribution is 2.17. The number of benzene rings is 1. The summed E-state index contributed by atoms with van der Waals surface area (Å²) in [4.78, 5) is 13.8. The van der Waals surface area contributed by atoms with Crippen molar-refractivity contribution in [2.75, 3.05) is 31.6 Å². The Labute approximate surface area is 95.2 Å². The average molecular weight is 221 g/mol. The lowest BCUT2D eigenvalue weighted by Gasteiger charge is -2.33. The van der Waals surface area contributed by atoms with Gasteiger partial charge in [0, 0.05) is 5.69 Å². The maximum atomic E-state index is 11.7. The van der Waals surface area contributed by atoms with E-state index in [0.717, 1.165) is 25.3 Å². The summed E-state index contributed by atoms with van der Waals surface area (Å²) in [5.41, 5.74) is 1.09. The second-order valence-corrected chi connectivity index (χ2v) is 3.88. The van der Waals surface area contributed by atoms with Crippen molar-refractivity contribution < 1.29 is 14.8 Å². The molecule has 2 rings (SSSR count). The van der Waals surface area contributed by atoms with Crippen LogP contribution in [0.5, 0.6) is 0 Å². The SMILES string of the molecule is COC(=O)C1C[NH2+]CCN1c1ccccc1. The lowest BCUT2D eigenvalue weighted by atomic mass is 10.1. The van der Waals surface area contributed by atoms with E-state index < -0.39 is 0 Å². The minimum absolute atomic E-state index is 0.153. The van der Waals surface area contributed by atoms with Gasteiger partial charge in [-0.15, -0.1) is 0 Å². The zero-order valence-electron chi connectivity index (χ0n) is 9.43. The second-order valence-electron chi connectivity index (χ2n) is 3.88. The van der Waals surface area contributed by atoms with Crippen molar-refractivity contribution in [1.82, 2.24) is 0 Å². The Bertz CT molecular complexity index is 353. The second kappa shape index (κ2) is 4.99. The van der Waals surface area contributed by atoms with Gasteiger partial charge in [0.25, 0.3) is 0 Å². The number of anilines is 1. The van der Waals surface area contributed by atoms with Crippen LogP contribution in [-0.4, -0.2) is 38.8 Å². The van der Waals surface area contributed by atoms with Crippen molar-refractivity contribution in [2.24, 2.45) is 0 Å². The van der Waals surface area contributed by atoms with Crippen molar-refractivity contribution in [2.45, 2.75) is 6.04 Å². The van der Waals surface area contributed by atoms with Crippen LogP contribution in [0, 0.1) is 0 Å². The molecule has 0 aliphatic carbocycles. The van der Waals surface area contributed by atoms with Crippen LogP contribution in [0.1, 0.15) is 0 Å². The predicted molar refractivity (Wildman–Crippen MR) is 61.3 cm³/mol. The molecule has 0 amide bonds. The van der Waals surface area contributed by atoms with Gasteiger partial charge >= 0.3 is 5.97 Å². The largest absolute Gasteiger partial charge is 0.467 e. The summed E-state index contributed by atoms with van der Waals surface area (Å²) in [6.07, 6.45) is 0. The van der Waals surface area contributed by atoms with Crippen LogP contribution in [0.4, 0.5) is 5.69 Å². The lowest BCUT2D eigenvalue weighted by Crippen LogP contribution is -2.92. The maximum absolute atomic E-state index is 11.7. The molecule has 1 aromatic rings. The van der Waals surface area contributed by atoms with Gasteiger partial charge in [0.05, 0.1) is 20.2 Å². The summed E-state index contributed by atoms with van der Waals surface area (Å²) < 4.78 is 4.84. The van der Waals surface area contributed by atoms with Gasteiger partial charge in [-0.25, -0.2) is 4.79 Å². The van der Waals surface area contributed by atoms with Gasteiger partial charge in [0.2, 0.25) is 0 Å². The summed E-state index contributed by atoms with van der Waals surface area (Å²) in [7, 11) is 1.44. The first-order chi connectivity index (χ1) is 7.83. The molecular formula is C12H17N2O2+. The molecule has 4 heteroatoms. The van der Waals surface area contributed by atoms with E-state index in [1.807, 2.05) is 30.3 Å². The molecule has 1 aliphatic rings. The van der Waals surface area contributed by atoms with Crippen molar-refractivity contribution in [3.8, 4) is 0 Å². The number of methoxy groups -OCH3 is 1. The topological polar surface area (TPSA) is 46.1 Å². The van der Waals surface area contributed by atoms with Crippen molar-refractivity contribution in [3.63, 3.8) is 0 Å². The van der Waals surface area contributed by atoms with E-state index in [0.29, 0.717) is 0 Å². The molecule has 0 radical (unpaired) electrons. The van der Waals surface area contributed by atoms with Crippen LogP contribution in [-0.2, 0) is 9.53 Å². The third-order valence-electron chi connectivity index (χ3n) is 2.90. The van der Waals surface area contributed by atoms with Crippen molar-refractivity contribution in [3.05, 3.63) is 30.3 Å². The first-order valence-electron chi connectivity index (χ1n) is 5.54. The van der Waals surface area contributed by atoms with E-state index in [9.17, 15) is 4.79 Å². The number of carbonyl (C=O) groups excluding carboxylic acids is 1. The third kappa shape index (κ3) is 2.17. The number of rotatable bonds is 2. The smallest absolute Gasteiger partial charge is 0.334 e. The minimum atomic E-state index is -0.166. The van der Waals surface area contributed by atoms with Crippen LogP contribution in [0.3, 0.4) is 0 Å². The molecule has 0 bridgehead atoms. The Morgan fingerprint density at radius 3 is 2.88 bits per heavy atom. The molecule has 1 heterocycles. The van der Waals surface area contributed by atoms with Crippen molar-refractivity contribution >= 4 is 11.7 Å². The van der Waals surface area contributed by atoms with Gasteiger partial charge in [0.15, 0.2) is 6.04 Å². The van der Waals surface area contributed by atoms with E-state index in [-0.39, 0.29) is 12.0 Å². The monoisotopic (exact) mass is 221 g/mol. The number of quaternary nitrogens is 1. The van der Waals surface area contributed by atoms with Gasteiger partial charge in [-0.3, -0.25) is 0 Å². The number of esters is 1. The molecule has 1 atom stereocenters. The lowest BCUT2D eigenvalue weighted by molar-refractivity contribution is -0.658. The fourth-order valence-electron chi connectivity index (χ4n) is 2.08. The Morgan fingerprint density at radius 1 is 1.44 bits per heavy atom. The Balaban J connectivity index is 2.20. The Hall–Kier alpha value is -1.55. The van der Waals surface area contributed by atoms with Gasteiger partial charge in [-0.1, -0.05) is 18.2 Å². The van der Waals surface area contributed by atoms with Crippen molar-refractivity contribution in [1.29, 1.82) is 0 Å². The highest BCUT2D eigenvalue weighted by atomic mass is 16.5. The van der Waals surface area contributed by atoms with Crippen LogP contribution >= 0.6 is 0 Å². The molecular weight excluding hydrogens is 204 g/mol. The predicted octanol–water partition coefficient (Wildman–Crippen LogP) is -0.388. The molecule has 16 heavy (non-hydrogen) atoms. The Morgan fingerprint density at radius 2 is 2.19 bits per heavy atom. The molecule has 1 aromatic carbocycles. The molecule has 86 valence electrons. The van der Waals surface area contributed by atoms with E-state index in [1.54, 1.807) is 0 Å². The number of para-hydroxylation sites is 1. The first kappa shape index (κ1) is 11.0. The number of hydrogen-bond acceptors (Lipinski definition) is 3. The molecule has 2 N–H and O–H groups in total. The van der Waals surface area contributed by atoms with E-state index in [2.05, 4.69) is 10.2 Å². The van der Waals surface area contributed by atoms with Crippen LogP contribution in [0.15, 0.2) is 30.3 Å². The fourth-order valence-corrected chi connectivity index (χ4v) is 2.08. The number of piperazine rings is 1. The summed E-state index contributed by atoms with van der Waals surface area (Å²) in [5.74, 6) is -0.153. The number of nitrogens with zero attached hydrogens (tertiary/aromatic N) is 1. The number of hydrogen-bond donors (Lipinski definition) is 1. The van der Waals surface area contributed by atoms with Gasteiger partial charge < -0.3 is 15.0 Å².